The van der Waals surface area contributed by atoms with E-state index in [9.17, 15) is 0 Å². The van der Waals surface area contributed by atoms with Crippen molar-refractivity contribution in [3.05, 3.63) is 97.4 Å². The maximum absolute atomic E-state index is 2.37. The number of hydrogen-bond acceptors (Lipinski definition) is 0. The van der Waals surface area contributed by atoms with Gasteiger partial charge in [0.05, 0.1) is 0 Å². The molecular weight excluding hydrogens is 490 g/mol. The van der Waals surface area contributed by atoms with Crippen LogP contribution in [0.5, 0.6) is 0 Å². The molecule has 0 atom stereocenters. The van der Waals surface area contributed by atoms with Crippen molar-refractivity contribution in [1.82, 2.24) is 0 Å². The zero-order valence-electron chi connectivity index (χ0n) is 17.5. The summed E-state index contributed by atoms with van der Waals surface area (Å²) in [5.74, 6) is 0. The predicted octanol–water partition coefficient (Wildman–Crippen LogP) is 0.254. The monoisotopic (exact) mass is 515 g/mol. The molecule has 29 heavy (non-hydrogen) atoms. The maximum atomic E-state index is 2.37. The molecule has 4 rings (SSSR count). The first-order valence-corrected chi connectivity index (χ1v) is 13.7. The fraction of sp³-hybridized carbons (Fsp3) is 0.200. The molecule has 0 N–H and O–H groups in total. The minimum atomic E-state index is 0. The van der Waals surface area contributed by atoms with E-state index < -0.39 is 0 Å². The molecule has 0 heterocycles. The Morgan fingerprint density at radius 1 is 0.931 bits per heavy atom. The molecule has 151 valence electrons. The molecule has 0 nitrogen and oxygen atoms in total. The van der Waals surface area contributed by atoms with Crippen LogP contribution in [-0.2, 0) is 23.3 Å². The summed E-state index contributed by atoms with van der Waals surface area (Å²) in [6.45, 7) is 6.83. The predicted molar refractivity (Wildman–Crippen MR) is 118 cm³/mol. The van der Waals surface area contributed by atoms with Gasteiger partial charge in [-0.25, -0.2) is 0 Å². The van der Waals surface area contributed by atoms with Crippen LogP contribution in [0.2, 0.25) is 0 Å². The summed E-state index contributed by atoms with van der Waals surface area (Å²) in [6, 6.07) is 23.8. The van der Waals surface area contributed by atoms with Crippen molar-refractivity contribution in [2.45, 2.75) is 27.2 Å². The van der Waals surface area contributed by atoms with Crippen molar-refractivity contribution in [3.63, 3.8) is 0 Å². The normalized spacial score (nSPS) is 12.3. The molecule has 0 aliphatic heterocycles. The zero-order chi connectivity index (χ0) is 18.6. The summed E-state index contributed by atoms with van der Waals surface area (Å²) in [5, 5.41) is 4.17. The number of halogens is 2. The van der Waals surface area contributed by atoms with Crippen LogP contribution in [0, 0.1) is 12.8 Å². The molecule has 0 saturated carbocycles. The van der Waals surface area contributed by atoms with E-state index >= 15 is 0 Å². The molecule has 0 amide bonds. The van der Waals surface area contributed by atoms with Crippen molar-refractivity contribution in [2.24, 2.45) is 5.41 Å². The van der Waals surface area contributed by atoms with Gasteiger partial charge in [0.15, 0.2) is 0 Å². The van der Waals surface area contributed by atoms with Gasteiger partial charge in [0, 0.05) is 0 Å². The topological polar surface area (TPSA) is 0 Å². The van der Waals surface area contributed by atoms with Crippen LogP contribution in [0.3, 0.4) is 0 Å². The Balaban J connectivity index is 0.000000616. The Bertz CT molecular complexity index is 930. The van der Waals surface area contributed by atoms with Crippen molar-refractivity contribution < 1.29 is 48.1 Å². The van der Waals surface area contributed by atoms with Gasteiger partial charge in [0.25, 0.3) is 0 Å². The Kier molecular flexibility index (Phi) is 12.5. The van der Waals surface area contributed by atoms with E-state index in [0.29, 0.717) is 0 Å². The van der Waals surface area contributed by atoms with Gasteiger partial charge >= 0.3 is 65.0 Å². The number of hydrogen-bond donors (Lipinski definition) is 0. The van der Waals surface area contributed by atoms with Gasteiger partial charge in [0.1, 0.15) is 0 Å². The first-order chi connectivity index (χ1) is 12.5. The van der Waals surface area contributed by atoms with E-state index in [1.54, 1.807) is 23.3 Å². The molecular formula is C25H27Cl2SiZr-2. The number of allylic oxidation sites excluding steroid dienone is 4. The van der Waals surface area contributed by atoms with Gasteiger partial charge in [-0.3, -0.25) is 0 Å². The standard InChI is InChI=1S/C18H19.C6H5Si.CH3.2ClH.Zr/c1-18(2,3)17-9-8-15(12-17)16-10-13-6-4-5-7-14(13)11-16;7-6-4-2-1-3-5-6;;;;/h4-7,9-12H,8H2,1-3H3;1-5H;1H3;2*1H;/q-1;;-1;;;+2/p-2. The van der Waals surface area contributed by atoms with Crippen molar-refractivity contribution in [3.8, 4) is 0 Å². The zero-order valence-corrected chi connectivity index (χ0v) is 22.4. The second kappa shape index (κ2) is 12.8. The van der Waals surface area contributed by atoms with Crippen LogP contribution < -0.4 is 30.0 Å². The van der Waals surface area contributed by atoms with Gasteiger partial charge in [-0.2, -0.15) is 0 Å². The molecule has 0 saturated heterocycles. The van der Waals surface area contributed by atoms with Gasteiger partial charge in [0.2, 0.25) is 0 Å². The molecule has 0 unspecified atom stereocenters. The van der Waals surface area contributed by atoms with Gasteiger partial charge in [-0.1, -0.05) is 56.7 Å². The van der Waals surface area contributed by atoms with Gasteiger partial charge in [-0.15, -0.1) is 40.1 Å². The molecule has 1 aliphatic rings. The average Bonchev–Trinajstić information content (AvgIpc) is 3.29. The Morgan fingerprint density at radius 3 is 2.07 bits per heavy atom. The van der Waals surface area contributed by atoms with E-state index in [0.717, 1.165) is 12.6 Å². The molecule has 4 heteroatoms. The number of fused-ring (bicyclic) bond motifs is 1. The molecule has 0 fully saturated rings. The van der Waals surface area contributed by atoms with E-state index in [2.05, 4.69) is 99.7 Å². The molecule has 0 spiro atoms. The SMILES string of the molecule is CC(C)(C)C1=CCC(c2cc3ccccc3[cH-]2)=C1.[CH3-].[Cl-].[Cl-].[Zr+2]=[Si]c1ccccc1. The molecule has 3 aromatic carbocycles. The summed E-state index contributed by atoms with van der Waals surface area (Å²) >= 11 is 1.62. The summed E-state index contributed by atoms with van der Waals surface area (Å²) in [4.78, 5) is 0. The summed E-state index contributed by atoms with van der Waals surface area (Å²) in [5.41, 5.74) is 4.55. The third-order valence-electron chi connectivity index (χ3n) is 4.64. The van der Waals surface area contributed by atoms with E-state index in [-0.39, 0.29) is 37.7 Å². The first kappa shape index (κ1) is 28.2. The second-order valence-electron chi connectivity index (χ2n) is 7.65. The van der Waals surface area contributed by atoms with Crippen LogP contribution in [-0.4, -0.2) is 6.16 Å². The molecule has 0 bridgehead atoms. The third kappa shape index (κ3) is 7.76. The third-order valence-corrected chi connectivity index (χ3v) is 7.40. The van der Waals surface area contributed by atoms with Crippen LogP contribution in [0.4, 0.5) is 0 Å². The van der Waals surface area contributed by atoms with Crippen LogP contribution in [0.25, 0.3) is 16.3 Å². The Hall–Kier alpha value is -0.790. The van der Waals surface area contributed by atoms with Crippen LogP contribution in [0.1, 0.15) is 32.8 Å². The summed E-state index contributed by atoms with van der Waals surface area (Å²) in [6.07, 6.45) is 6.83. The minimum absolute atomic E-state index is 0. The summed E-state index contributed by atoms with van der Waals surface area (Å²) < 4.78 is 0. The van der Waals surface area contributed by atoms with E-state index in [1.807, 2.05) is 0 Å². The number of rotatable bonds is 2. The summed E-state index contributed by atoms with van der Waals surface area (Å²) in [7, 11) is 0. The molecule has 0 aromatic heterocycles. The Morgan fingerprint density at radius 2 is 1.55 bits per heavy atom. The van der Waals surface area contributed by atoms with Crippen LogP contribution in [0.15, 0.2) is 84.5 Å². The molecule has 1 aliphatic carbocycles. The van der Waals surface area contributed by atoms with Gasteiger partial charge < -0.3 is 32.2 Å². The van der Waals surface area contributed by atoms with E-state index in [4.69, 9.17) is 0 Å². The second-order valence-corrected chi connectivity index (χ2v) is 10.3. The van der Waals surface area contributed by atoms with Gasteiger partial charge in [-0.05, 0) is 11.8 Å². The van der Waals surface area contributed by atoms with Crippen molar-refractivity contribution >= 4 is 27.7 Å². The Labute approximate surface area is 204 Å². The quantitative estimate of drug-likeness (QED) is 0.338. The molecule has 3 aromatic rings. The van der Waals surface area contributed by atoms with Crippen LogP contribution >= 0.6 is 0 Å². The van der Waals surface area contributed by atoms with E-state index in [1.165, 1.54) is 32.7 Å². The average molecular weight is 518 g/mol. The van der Waals surface area contributed by atoms with Crippen molar-refractivity contribution in [2.75, 3.05) is 0 Å². The molecule has 1 radical (unpaired) electrons. The number of benzene rings is 2. The van der Waals surface area contributed by atoms with Crippen molar-refractivity contribution in [1.29, 1.82) is 0 Å². The fourth-order valence-electron chi connectivity index (χ4n) is 3.11. The fourth-order valence-corrected chi connectivity index (χ4v) is 4.69. The first-order valence-electron chi connectivity index (χ1n) is 9.02.